The third-order valence-electron chi connectivity index (χ3n) is 4.89. The maximum absolute atomic E-state index is 12.5. The Hall–Kier alpha value is -3.10. The number of likely N-dealkylation sites (tertiary alicyclic amines) is 1. The molecule has 2 N–H and O–H groups in total. The van der Waals surface area contributed by atoms with Gasteiger partial charge in [0.2, 0.25) is 11.8 Å². The Balaban J connectivity index is 1.45. The molecule has 3 rings (SSSR count). The van der Waals surface area contributed by atoms with Crippen LogP contribution in [-0.4, -0.2) is 61.4 Å². The van der Waals surface area contributed by atoms with E-state index in [4.69, 9.17) is 4.74 Å². The summed E-state index contributed by atoms with van der Waals surface area (Å²) in [6.07, 6.45) is 1.76. The molecule has 0 aliphatic carbocycles. The van der Waals surface area contributed by atoms with Crippen molar-refractivity contribution in [3.8, 4) is 5.75 Å². The van der Waals surface area contributed by atoms with Gasteiger partial charge in [0.05, 0.1) is 12.8 Å². The number of rotatable bonds is 8. The van der Waals surface area contributed by atoms with Gasteiger partial charge in [-0.15, -0.1) is 0 Å². The first kappa shape index (κ1) is 19.7. The number of hydrogen-bond acceptors (Lipinski definition) is 5. The highest BCUT2D eigenvalue weighted by Crippen LogP contribution is 2.23. The monoisotopic (exact) mass is 388 g/mol. The minimum absolute atomic E-state index is 0.112. The summed E-state index contributed by atoms with van der Waals surface area (Å²) in [6.45, 7) is 1.61. The van der Waals surface area contributed by atoms with Crippen molar-refractivity contribution in [3.63, 3.8) is 0 Å². The van der Waals surface area contributed by atoms with Crippen LogP contribution in [0.4, 0.5) is 10.5 Å². The molecule has 2 saturated heterocycles. The zero-order valence-corrected chi connectivity index (χ0v) is 15.8. The number of carbonyl (C=O) groups is 4. The second kappa shape index (κ2) is 8.73. The van der Waals surface area contributed by atoms with Gasteiger partial charge in [-0.2, -0.15) is 0 Å². The third kappa shape index (κ3) is 4.41. The van der Waals surface area contributed by atoms with Crippen molar-refractivity contribution in [2.45, 2.75) is 31.7 Å². The topological polar surface area (TPSA) is 108 Å². The summed E-state index contributed by atoms with van der Waals surface area (Å²) >= 11 is 0. The summed E-state index contributed by atoms with van der Waals surface area (Å²) in [6, 6.07) is 5.35. The van der Waals surface area contributed by atoms with Crippen LogP contribution in [0.25, 0.3) is 0 Å². The maximum Gasteiger partial charge on any atom is 0.329 e. The molecule has 9 heteroatoms. The molecular formula is C19H24N4O5. The lowest BCUT2D eigenvalue weighted by Crippen LogP contribution is -2.36. The van der Waals surface area contributed by atoms with Gasteiger partial charge in [-0.25, -0.2) is 9.69 Å². The van der Waals surface area contributed by atoms with E-state index in [1.165, 1.54) is 7.11 Å². The molecule has 1 aromatic carbocycles. The van der Waals surface area contributed by atoms with Crippen molar-refractivity contribution in [2.24, 2.45) is 0 Å². The van der Waals surface area contributed by atoms with E-state index in [1.807, 2.05) is 0 Å². The summed E-state index contributed by atoms with van der Waals surface area (Å²) < 4.78 is 5.07. The smallest absolute Gasteiger partial charge is 0.329 e. The van der Waals surface area contributed by atoms with Gasteiger partial charge in [0, 0.05) is 32.5 Å². The molecule has 28 heavy (non-hydrogen) atoms. The molecule has 0 spiro atoms. The minimum atomic E-state index is -0.736. The Morgan fingerprint density at radius 2 is 2.00 bits per heavy atom. The van der Waals surface area contributed by atoms with E-state index in [2.05, 4.69) is 10.6 Å². The van der Waals surface area contributed by atoms with E-state index in [-0.39, 0.29) is 30.6 Å². The predicted octanol–water partition coefficient (Wildman–Crippen LogP) is 0.639. The molecule has 2 aliphatic rings. The Labute approximate surface area is 163 Å². The minimum Gasteiger partial charge on any atom is -0.497 e. The summed E-state index contributed by atoms with van der Waals surface area (Å²) in [7, 11) is 1.53. The average Bonchev–Trinajstić information content (AvgIpc) is 3.22. The molecule has 0 saturated carbocycles. The van der Waals surface area contributed by atoms with Crippen molar-refractivity contribution in [3.05, 3.63) is 24.3 Å². The number of urea groups is 1. The number of ether oxygens (including phenoxy) is 1. The lowest BCUT2D eigenvalue weighted by Gasteiger charge is -2.16. The lowest BCUT2D eigenvalue weighted by atomic mass is 10.1. The Kier molecular flexibility index (Phi) is 6.13. The van der Waals surface area contributed by atoms with Gasteiger partial charge in [-0.05, 0) is 37.1 Å². The number of nitrogens with zero attached hydrogens (tertiary/aromatic N) is 2. The largest absolute Gasteiger partial charge is 0.497 e. The fourth-order valence-corrected chi connectivity index (χ4v) is 3.34. The van der Waals surface area contributed by atoms with Gasteiger partial charge in [-0.1, -0.05) is 0 Å². The maximum atomic E-state index is 12.5. The second-order valence-electron chi connectivity index (χ2n) is 6.75. The summed E-state index contributed by atoms with van der Waals surface area (Å²) in [5.74, 6) is 0.147. The van der Waals surface area contributed by atoms with Gasteiger partial charge in [-0.3, -0.25) is 14.4 Å². The van der Waals surface area contributed by atoms with E-state index in [0.717, 1.165) is 17.9 Å². The second-order valence-corrected chi connectivity index (χ2v) is 6.75. The van der Waals surface area contributed by atoms with Crippen LogP contribution in [0.1, 0.15) is 25.7 Å². The number of anilines is 1. The van der Waals surface area contributed by atoms with Crippen LogP contribution < -0.4 is 20.3 Å². The number of carbonyl (C=O) groups excluding carboxylic acids is 4. The van der Waals surface area contributed by atoms with Crippen LogP contribution >= 0.6 is 0 Å². The molecule has 2 aliphatic heterocycles. The fraction of sp³-hybridized carbons (Fsp3) is 0.474. The molecule has 150 valence electrons. The van der Waals surface area contributed by atoms with Crippen LogP contribution in [0.2, 0.25) is 0 Å². The molecular weight excluding hydrogens is 364 g/mol. The van der Waals surface area contributed by atoms with Crippen LogP contribution in [0.5, 0.6) is 5.75 Å². The molecule has 2 heterocycles. The number of imide groups is 1. The van der Waals surface area contributed by atoms with Gasteiger partial charge < -0.3 is 20.3 Å². The number of methoxy groups -OCH3 is 1. The Morgan fingerprint density at radius 1 is 1.25 bits per heavy atom. The van der Waals surface area contributed by atoms with Gasteiger partial charge in [0.1, 0.15) is 11.8 Å². The molecule has 0 unspecified atom stereocenters. The third-order valence-corrected chi connectivity index (χ3v) is 4.89. The van der Waals surface area contributed by atoms with Crippen LogP contribution in [0.15, 0.2) is 24.3 Å². The molecule has 0 aromatic heterocycles. The first-order chi connectivity index (χ1) is 13.5. The first-order valence-electron chi connectivity index (χ1n) is 9.32. The molecule has 5 amide bonds. The van der Waals surface area contributed by atoms with Crippen molar-refractivity contribution in [1.29, 1.82) is 0 Å². The highest BCUT2D eigenvalue weighted by atomic mass is 16.5. The van der Waals surface area contributed by atoms with E-state index >= 15 is 0 Å². The lowest BCUT2D eigenvalue weighted by molar-refractivity contribution is -0.128. The predicted molar refractivity (Wildman–Crippen MR) is 101 cm³/mol. The van der Waals surface area contributed by atoms with E-state index in [9.17, 15) is 19.2 Å². The van der Waals surface area contributed by atoms with Crippen molar-refractivity contribution in [1.82, 2.24) is 15.5 Å². The highest BCUT2D eigenvalue weighted by molar-refractivity contribution is 6.21. The quantitative estimate of drug-likeness (QED) is 0.636. The summed E-state index contributed by atoms with van der Waals surface area (Å²) in [5.41, 5.74) is 0.450. The zero-order valence-electron chi connectivity index (χ0n) is 15.8. The highest BCUT2D eigenvalue weighted by Gasteiger charge is 2.38. The number of benzene rings is 1. The number of amides is 5. The van der Waals surface area contributed by atoms with Crippen molar-refractivity contribution in [2.75, 3.05) is 31.6 Å². The van der Waals surface area contributed by atoms with Crippen LogP contribution in [0.3, 0.4) is 0 Å². The molecule has 1 aromatic rings. The Morgan fingerprint density at radius 3 is 2.64 bits per heavy atom. The van der Waals surface area contributed by atoms with Crippen LogP contribution in [0, 0.1) is 0 Å². The summed E-state index contributed by atoms with van der Waals surface area (Å²) in [4.78, 5) is 51.0. The molecule has 2 fully saturated rings. The molecule has 1 atom stereocenters. The van der Waals surface area contributed by atoms with Gasteiger partial charge >= 0.3 is 6.03 Å². The van der Waals surface area contributed by atoms with Gasteiger partial charge in [0.25, 0.3) is 5.91 Å². The number of hydrogen-bond donors (Lipinski definition) is 2. The van der Waals surface area contributed by atoms with Crippen molar-refractivity contribution < 1.29 is 23.9 Å². The summed E-state index contributed by atoms with van der Waals surface area (Å²) in [5, 5.41) is 5.37. The molecule has 0 bridgehead atoms. The zero-order chi connectivity index (χ0) is 20.1. The first-order valence-corrected chi connectivity index (χ1v) is 9.32. The normalized spacial score (nSPS) is 19.2. The van der Waals surface area contributed by atoms with E-state index < -0.39 is 12.1 Å². The molecule has 0 radical (unpaired) electrons. The van der Waals surface area contributed by atoms with E-state index in [1.54, 1.807) is 29.2 Å². The van der Waals surface area contributed by atoms with E-state index in [0.29, 0.717) is 30.9 Å². The number of nitrogens with one attached hydrogen (secondary N) is 2. The Bertz CT molecular complexity index is 764. The van der Waals surface area contributed by atoms with Crippen molar-refractivity contribution >= 4 is 29.4 Å². The fourth-order valence-electron chi connectivity index (χ4n) is 3.34. The average molecular weight is 388 g/mol. The van der Waals surface area contributed by atoms with Crippen LogP contribution in [-0.2, 0) is 14.4 Å². The van der Waals surface area contributed by atoms with Gasteiger partial charge in [0.15, 0.2) is 0 Å². The SMILES string of the molecule is COc1ccc(N2C(=O)N[C@@H](CCC(=O)NCCN3CCCC3=O)C2=O)cc1. The standard InChI is InChI=1S/C19H24N4O5/c1-28-14-6-4-13(5-7-14)23-18(26)15(21-19(23)27)8-9-16(24)20-10-12-22-11-2-3-17(22)25/h4-7,15H,2-3,8-12H2,1H3,(H,20,24)(H,21,27)/t15-/m0/s1. The molecule has 9 nitrogen and oxygen atoms in total.